The van der Waals surface area contributed by atoms with Crippen molar-refractivity contribution < 1.29 is 4.79 Å². The average molecular weight is 342 g/mol. The second kappa shape index (κ2) is 7.95. The molecular weight excluding hydrogens is 324 g/mol. The molecule has 0 aliphatic rings. The Labute approximate surface area is 152 Å². The van der Waals surface area contributed by atoms with Crippen molar-refractivity contribution in [1.82, 2.24) is 4.98 Å². The molecule has 128 valence electrons. The van der Waals surface area contributed by atoms with Crippen LogP contribution in [0.1, 0.15) is 23.0 Å². The molecule has 5 heteroatoms. The van der Waals surface area contributed by atoms with Gasteiger partial charge in [-0.15, -0.1) is 0 Å². The van der Waals surface area contributed by atoms with Gasteiger partial charge in [-0.3, -0.25) is 4.79 Å². The molecule has 1 heterocycles. The molecule has 3 rings (SSSR count). The van der Waals surface area contributed by atoms with Crippen LogP contribution in [0.3, 0.4) is 0 Å². The molecule has 0 radical (unpaired) electrons. The molecule has 0 aliphatic carbocycles. The summed E-state index contributed by atoms with van der Waals surface area (Å²) in [6.45, 7) is 2.49. The van der Waals surface area contributed by atoms with E-state index in [1.165, 1.54) is 0 Å². The largest absolute Gasteiger partial charge is 0.353 e. The molecule has 1 N–H and O–H groups in total. The van der Waals surface area contributed by atoms with E-state index in [-0.39, 0.29) is 5.91 Å². The topological polar surface area (TPSA) is 69.0 Å². The highest BCUT2D eigenvalue weighted by Gasteiger charge is 2.17. The van der Waals surface area contributed by atoms with Crippen LogP contribution in [0.5, 0.6) is 0 Å². The Hall–Kier alpha value is -3.65. The lowest BCUT2D eigenvalue weighted by molar-refractivity contribution is 0.0983. The Morgan fingerprint density at radius 1 is 1.08 bits per heavy atom. The summed E-state index contributed by atoms with van der Waals surface area (Å²) in [5.41, 5.74) is 3.18. The highest BCUT2D eigenvalue weighted by atomic mass is 16.2. The van der Waals surface area contributed by atoms with E-state index in [4.69, 9.17) is 5.26 Å². The number of nitriles is 1. The number of carbonyl (C=O) groups is 1. The zero-order chi connectivity index (χ0) is 18.4. The molecule has 0 unspecified atom stereocenters. The van der Waals surface area contributed by atoms with E-state index >= 15 is 0 Å². The normalized spacial score (nSPS) is 10.0. The zero-order valence-electron chi connectivity index (χ0n) is 14.4. The van der Waals surface area contributed by atoms with Crippen molar-refractivity contribution in [2.45, 2.75) is 6.92 Å². The second-order valence-electron chi connectivity index (χ2n) is 5.60. The van der Waals surface area contributed by atoms with E-state index in [2.05, 4.69) is 16.4 Å². The maximum Gasteiger partial charge on any atom is 0.276 e. The molecule has 3 aromatic rings. The molecule has 0 atom stereocenters. The molecule has 0 saturated heterocycles. The molecule has 26 heavy (non-hydrogen) atoms. The maximum atomic E-state index is 12.7. The molecule has 0 bridgehead atoms. The van der Waals surface area contributed by atoms with E-state index in [1.807, 2.05) is 55.5 Å². The van der Waals surface area contributed by atoms with Crippen LogP contribution in [0, 0.1) is 11.3 Å². The zero-order valence-corrected chi connectivity index (χ0v) is 14.4. The van der Waals surface area contributed by atoms with Crippen molar-refractivity contribution in [3.05, 3.63) is 84.2 Å². The maximum absolute atomic E-state index is 12.7. The van der Waals surface area contributed by atoms with Crippen molar-refractivity contribution in [2.24, 2.45) is 0 Å². The van der Waals surface area contributed by atoms with Gasteiger partial charge in [0, 0.05) is 12.2 Å². The summed E-state index contributed by atoms with van der Waals surface area (Å²) in [5.74, 6) is -0.150. The molecule has 0 aliphatic heterocycles. The number of aromatic nitrogens is 1. The fraction of sp³-hybridized carbons (Fsp3) is 0.0952. The van der Waals surface area contributed by atoms with E-state index < -0.39 is 0 Å². The lowest BCUT2D eigenvalue weighted by atomic mass is 10.2. The Bertz CT molecular complexity index is 930. The lowest BCUT2D eigenvalue weighted by Gasteiger charge is -2.20. The van der Waals surface area contributed by atoms with Crippen LogP contribution >= 0.6 is 0 Å². The van der Waals surface area contributed by atoms with Crippen molar-refractivity contribution in [3.8, 4) is 6.07 Å². The fourth-order valence-electron chi connectivity index (χ4n) is 2.63. The number of anilines is 3. The first-order valence-corrected chi connectivity index (χ1v) is 8.32. The first-order valence-electron chi connectivity index (χ1n) is 8.32. The SMILES string of the molecule is CCN(C(=O)c1ccc(Nc2ccccc2C#N)cn1)c1ccccc1. The van der Waals surface area contributed by atoms with Crippen LogP contribution in [0.4, 0.5) is 17.1 Å². The van der Waals surface area contributed by atoms with Gasteiger partial charge >= 0.3 is 0 Å². The number of nitrogens with zero attached hydrogens (tertiary/aromatic N) is 3. The van der Waals surface area contributed by atoms with Crippen LogP contribution in [0.25, 0.3) is 0 Å². The minimum absolute atomic E-state index is 0.150. The minimum atomic E-state index is -0.150. The smallest absolute Gasteiger partial charge is 0.276 e. The summed E-state index contributed by atoms with van der Waals surface area (Å²) in [7, 11) is 0. The van der Waals surface area contributed by atoms with Gasteiger partial charge in [0.25, 0.3) is 5.91 Å². The number of amides is 1. The van der Waals surface area contributed by atoms with Crippen LogP contribution in [-0.4, -0.2) is 17.4 Å². The molecule has 1 aromatic heterocycles. The van der Waals surface area contributed by atoms with Crippen LogP contribution in [0.15, 0.2) is 72.9 Å². The van der Waals surface area contributed by atoms with Crippen LogP contribution in [0.2, 0.25) is 0 Å². The van der Waals surface area contributed by atoms with Crippen LogP contribution in [-0.2, 0) is 0 Å². The Kier molecular flexibility index (Phi) is 5.25. The summed E-state index contributed by atoms with van der Waals surface area (Å²) in [4.78, 5) is 18.7. The van der Waals surface area contributed by atoms with Gasteiger partial charge in [-0.2, -0.15) is 5.26 Å². The molecule has 0 fully saturated rings. The Morgan fingerprint density at radius 3 is 2.46 bits per heavy atom. The van der Waals surface area contributed by atoms with E-state index in [1.54, 1.807) is 29.3 Å². The fourth-order valence-corrected chi connectivity index (χ4v) is 2.63. The van der Waals surface area contributed by atoms with Gasteiger partial charge in [-0.1, -0.05) is 30.3 Å². The van der Waals surface area contributed by atoms with Gasteiger partial charge in [-0.05, 0) is 43.3 Å². The summed E-state index contributed by atoms with van der Waals surface area (Å²) in [6, 6.07) is 22.4. The number of pyridine rings is 1. The quantitative estimate of drug-likeness (QED) is 0.748. The van der Waals surface area contributed by atoms with Crippen molar-refractivity contribution >= 4 is 23.0 Å². The Morgan fingerprint density at radius 2 is 1.81 bits per heavy atom. The van der Waals surface area contributed by atoms with Gasteiger partial charge in [0.15, 0.2) is 0 Å². The van der Waals surface area contributed by atoms with E-state index in [9.17, 15) is 4.79 Å². The number of hydrogen-bond donors (Lipinski definition) is 1. The Balaban J connectivity index is 1.79. The first-order chi connectivity index (χ1) is 12.7. The molecule has 5 nitrogen and oxygen atoms in total. The highest BCUT2D eigenvalue weighted by molar-refractivity contribution is 6.04. The lowest BCUT2D eigenvalue weighted by Crippen LogP contribution is -2.31. The summed E-state index contributed by atoms with van der Waals surface area (Å²) >= 11 is 0. The third kappa shape index (κ3) is 3.70. The third-order valence-corrected chi connectivity index (χ3v) is 3.94. The van der Waals surface area contributed by atoms with Gasteiger partial charge in [0.2, 0.25) is 0 Å². The number of para-hydroxylation sites is 2. The van der Waals surface area contributed by atoms with Crippen molar-refractivity contribution in [2.75, 3.05) is 16.8 Å². The minimum Gasteiger partial charge on any atom is -0.353 e. The average Bonchev–Trinajstić information content (AvgIpc) is 2.70. The van der Waals surface area contributed by atoms with Crippen LogP contribution < -0.4 is 10.2 Å². The van der Waals surface area contributed by atoms with Gasteiger partial charge in [0.1, 0.15) is 11.8 Å². The van der Waals surface area contributed by atoms with Gasteiger partial charge < -0.3 is 10.2 Å². The van der Waals surface area contributed by atoms with Crippen molar-refractivity contribution in [1.29, 1.82) is 5.26 Å². The standard InChI is InChI=1S/C21H18N4O/c1-2-25(18-9-4-3-5-10-18)21(26)20-13-12-17(15-23-20)24-19-11-7-6-8-16(19)14-22/h3-13,15,24H,2H2,1H3. The number of benzene rings is 2. The summed E-state index contributed by atoms with van der Waals surface area (Å²) < 4.78 is 0. The molecular formula is C21H18N4O. The molecule has 0 spiro atoms. The first kappa shape index (κ1) is 17.2. The monoisotopic (exact) mass is 342 g/mol. The predicted molar refractivity (Wildman–Crippen MR) is 102 cm³/mol. The second-order valence-corrected chi connectivity index (χ2v) is 5.60. The summed E-state index contributed by atoms with van der Waals surface area (Å²) in [5, 5.41) is 12.3. The van der Waals surface area contributed by atoms with Crippen molar-refractivity contribution in [3.63, 3.8) is 0 Å². The number of nitrogens with one attached hydrogen (secondary N) is 1. The predicted octanol–water partition coefficient (Wildman–Crippen LogP) is 4.36. The molecule has 2 aromatic carbocycles. The summed E-state index contributed by atoms with van der Waals surface area (Å²) in [6.07, 6.45) is 1.60. The number of rotatable bonds is 5. The highest BCUT2D eigenvalue weighted by Crippen LogP contribution is 2.21. The van der Waals surface area contributed by atoms with Gasteiger partial charge in [0.05, 0.1) is 23.1 Å². The molecule has 1 amide bonds. The number of carbonyl (C=O) groups excluding carboxylic acids is 1. The van der Waals surface area contributed by atoms with E-state index in [0.717, 1.165) is 5.69 Å². The van der Waals surface area contributed by atoms with Gasteiger partial charge in [-0.25, -0.2) is 4.98 Å². The third-order valence-electron chi connectivity index (χ3n) is 3.94. The molecule has 0 saturated carbocycles. The number of hydrogen-bond acceptors (Lipinski definition) is 4. The van der Waals surface area contributed by atoms with E-state index in [0.29, 0.717) is 29.2 Å².